The topological polar surface area (TPSA) is 122 Å². The van der Waals surface area contributed by atoms with Gasteiger partial charge < -0.3 is 15.2 Å². The van der Waals surface area contributed by atoms with Crippen LogP contribution in [0.4, 0.5) is 10.1 Å². The Labute approximate surface area is 169 Å². The molecule has 0 saturated heterocycles. The second kappa shape index (κ2) is 8.95. The molecule has 3 aromatic rings. The van der Waals surface area contributed by atoms with E-state index in [9.17, 15) is 23.9 Å². The number of hydrogen-bond acceptors (Lipinski definition) is 6. The molecule has 2 amide bonds. The number of fused-ring (bicyclic) bond motifs is 1. The van der Waals surface area contributed by atoms with E-state index in [0.29, 0.717) is 10.9 Å². The number of aromatic hydroxyl groups is 1. The van der Waals surface area contributed by atoms with Gasteiger partial charge in [-0.2, -0.15) is 0 Å². The Bertz CT molecular complexity index is 1160. The third kappa shape index (κ3) is 4.49. The van der Waals surface area contributed by atoms with Gasteiger partial charge in [0.05, 0.1) is 12.6 Å². The number of carbonyl (C=O) groups is 3. The number of esters is 1. The van der Waals surface area contributed by atoms with Crippen molar-refractivity contribution in [3.05, 3.63) is 59.9 Å². The van der Waals surface area contributed by atoms with E-state index in [1.165, 1.54) is 29.9 Å². The second-order valence-electron chi connectivity index (χ2n) is 6.14. The predicted octanol–water partition coefficient (Wildman–Crippen LogP) is 2.70. The molecule has 2 aromatic carbocycles. The maximum absolute atomic E-state index is 13.2. The summed E-state index contributed by atoms with van der Waals surface area (Å²) >= 11 is 0. The smallest absolute Gasteiger partial charge is 0.325 e. The van der Waals surface area contributed by atoms with Gasteiger partial charge in [-0.1, -0.05) is 24.3 Å². The van der Waals surface area contributed by atoms with Crippen molar-refractivity contribution in [2.24, 2.45) is 10.2 Å². The number of carbonyl (C=O) groups excluding carboxylic acids is 3. The van der Waals surface area contributed by atoms with Gasteiger partial charge >= 0.3 is 5.97 Å². The molecule has 30 heavy (non-hydrogen) atoms. The Kier molecular flexibility index (Phi) is 6.16. The molecule has 154 valence electrons. The number of benzene rings is 2. The maximum Gasteiger partial charge on any atom is 0.325 e. The van der Waals surface area contributed by atoms with Gasteiger partial charge in [0.2, 0.25) is 5.88 Å². The van der Waals surface area contributed by atoms with E-state index < -0.39 is 30.1 Å². The van der Waals surface area contributed by atoms with Crippen LogP contribution in [0.3, 0.4) is 0 Å². The standard InChI is InChI=1S/C20H17FN4O5/c1-30-17(27)11-25-15-8-3-2-7-14(15)18(20(25)29)24-23-16(26)10-22-19(28)12-5-4-6-13(21)9-12/h2-9,29H,10-11H2,1H3,(H,22,28). The summed E-state index contributed by atoms with van der Waals surface area (Å²) in [7, 11) is 1.22. The first-order valence-corrected chi connectivity index (χ1v) is 8.76. The van der Waals surface area contributed by atoms with Crippen LogP contribution in [0.5, 0.6) is 5.88 Å². The summed E-state index contributed by atoms with van der Waals surface area (Å²) in [6, 6.07) is 11.7. The molecule has 0 fully saturated rings. The number of hydrogen-bond donors (Lipinski definition) is 2. The summed E-state index contributed by atoms with van der Waals surface area (Å²) in [6.45, 7) is -0.726. The highest BCUT2D eigenvalue weighted by molar-refractivity contribution is 5.97. The van der Waals surface area contributed by atoms with E-state index in [4.69, 9.17) is 0 Å². The average Bonchev–Trinajstić information content (AvgIpc) is 3.01. The van der Waals surface area contributed by atoms with Crippen LogP contribution in [0, 0.1) is 5.82 Å². The normalized spacial score (nSPS) is 11.0. The first-order valence-electron chi connectivity index (χ1n) is 8.76. The molecule has 10 heteroatoms. The summed E-state index contributed by atoms with van der Waals surface area (Å²) in [5.41, 5.74) is 0.559. The molecule has 2 N–H and O–H groups in total. The van der Waals surface area contributed by atoms with E-state index in [1.807, 2.05) is 0 Å². The molecule has 1 aromatic heterocycles. The molecule has 0 aliphatic rings. The number of rotatable bonds is 6. The Morgan fingerprint density at radius 3 is 2.67 bits per heavy atom. The summed E-state index contributed by atoms with van der Waals surface area (Å²) in [4.78, 5) is 35.5. The zero-order valence-electron chi connectivity index (χ0n) is 15.8. The first-order chi connectivity index (χ1) is 14.4. The number of nitrogens with one attached hydrogen (secondary N) is 1. The van der Waals surface area contributed by atoms with Crippen molar-refractivity contribution in [2.45, 2.75) is 6.54 Å². The van der Waals surface area contributed by atoms with E-state index in [0.717, 1.165) is 6.07 Å². The quantitative estimate of drug-likeness (QED) is 0.476. The number of azo groups is 1. The largest absolute Gasteiger partial charge is 0.493 e. The predicted molar refractivity (Wildman–Crippen MR) is 104 cm³/mol. The number of nitrogens with zero attached hydrogens (tertiary/aromatic N) is 3. The van der Waals surface area contributed by atoms with Gasteiger partial charge in [0.1, 0.15) is 18.9 Å². The van der Waals surface area contributed by atoms with Crippen LogP contribution in [0.25, 0.3) is 10.9 Å². The van der Waals surface area contributed by atoms with Gasteiger partial charge in [0.15, 0.2) is 5.69 Å². The van der Waals surface area contributed by atoms with Crippen LogP contribution >= 0.6 is 0 Å². The Morgan fingerprint density at radius 1 is 1.17 bits per heavy atom. The monoisotopic (exact) mass is 412 g/mol. The summed E-state index contributed by atoms with van der Waals surface area (Å²) in [5.74, 6) is -2.94. The first kappa shape index (κ1) is 20.6. The van der Waals surface area contributed by atoms with E-state index in [2.05, 4.69) is 20.3 Å². The second-order valence-corrected chi connectivity index (χ2v) is 6.14. The van der Waals surface area contributed by atoms with E-state index >= 15 is 0 Å². The number of ether oxygens (including phenoxy) is 1. The lowest BCUT2D eigenvalue weighted by molar-refractivity contribution is -0.141. The van der Waals surface area contributed by atoms with Crippen molar-refractivity contribution < 1.29 is 28.6 Å². The molecule has 1 heterocycles. The fraction of sp³-hybridized carbons (Fsp3) is 0.150. The van der Waals surface area contributed by atoms with Gasteiger partial charge in [-0.25, -0.2) is 4.39 Å². The highest BCUT2D eigenvalue weighted by atomic mass is 19.1. The Morgan fingerprint density at radius 2 is 1.93 bits per heavy atom. The molecule has 0 radical (unpaired) electrons. The molecule has 3 rings (SSSR count). The minimum absolute atomic E-state index is 0.000639. The van der Waals surface area contributed by atoms with E-state index in [1.54, 1.807) is 24.3 Å². The maximum atomic E-state index is 13.2. The summed E-state index contributed by atoms with van der Waals surface area (Å²) in [6.07, 6.45) is 0. The number of aromatic nitrogens is 1. The zero-order chi connectivity index (χ0) is 21.7. The van der Waals surface area contributed by atoms with Crippen molar-refractivity contribution in [3.63, 3.8) is 0 Å². The van der Waals surface area contributed by atoms with Gasteiger partial charge in [-0.15, -0.1) is 10.2 Å². The lowest BCUT2D eigenvalue weighted by Gasteiger charge is -2.04. The van der Waals surface area contributed by atoms with Crippen LogP contribution in [0.1, 0.15) is 10.4 Å². The Hall–Kier alpha value is -4.08. The zero-order valence-corrected chi connectivity index (χ0v) is 15.8. The van der Waals surface area contributed by atoms with Gasteiger partial charge in [0, 0.05) is 10.9 Å². The molecule has 0 aliphatic carbocycles. The third-order valence-corrected chi connectivity index (χ3v) is 4.18. The van der Waals surface area contributed by atoms with Crippen LogP contribution in [-0.4, -0.2) is 41.1 Å². The van der Waals surface area contributed by atoms with Gasteiger partial charge in [-0.05, 0) is 24.3 Å². The van der Waals surface area contributed by atoms with Crippen molar-refractivity contribution in [3.8, 4) is 5.88 Å². The number of methoxy groups -OCH3 is 1. The number of halogens is 1. The fourth-order valence-corrected chi connectivity index (χ4v) is 2.75. The van der Waals surface area contributed by atoms with Gasteiger partial charge in [0.25, 0.3) is 11.8 Å². The molecule has 0 spiro atoms. The van der Waals surface area contributed by atoms with Crippen LogP contribution in [0.2, 0.25) is 0 Å². The van der Waals surface area contributed by atoms with Crippen molar-refractivity contribution in [1.29, 1.82) is 0 Å². The van der Waals surface area contributed by atoms with Crippen molar-refractivity contribution >= 4 is 34.4 Å². The van der Waals surface area contributed by atoms with Crippen LogP contribution in [-0.2, 0) is 20.9 Å². The lowest BCUT2D eigenvalue weighted by atomic mass is 10.2. The minimum atomic E-state index is -0.788. The molecule has 9 nitrogen and oxygen atoms in total. The van der Waals surface area contributed by atoms with Gasteiger partial charge in [-0.3, -0.25) is 19.0 Å². The average molecular weight is 412 g/mol. The molecule has 0 bridgehead atoms. The highest BCUT2D eigenvalue weighted by Crippen LogP contribution is 2.38. The highest BCUT2D eigenvalue weighted by Gasteiger charge is 2.19. The van der Waals surface area contributed by atoms with Crippen molar-refractivity contribution in [2.75, 3.05) is 13.7 Å². The lowest BCUT2D eigenvalue weighted by Crippen LogP contribution is -2.28. The van der Waals surface area contributed by atoms with Crippen molar-refractivity contribution in [1.82, 2.24) is 9.88 Å². The number of amides is 2. The molecular formula is C20H17FN4O5. The minimum Gasteiger partial charge on any atom is -0.493 e. The van der Waals surface area contributed by atoms with Crippen LogP contribution < -0.4 is 5.32 Å². The molecule has 0 unspecified atom stereocenters. The Balaban J connectivity index is 1.75. The summed E-state index contributed by atoms with van der Waals surface area (Å²) < 4.78 is 19.1. The third-order valence-electron chi connectivity index (χ3n) is 4.18. The SMILES string of the molecule is COC(=O)Cn1c(O)c(N=NC(=O)CNC(=O)c2cccc(F)c2)c2ccccc21. The van der Waals surface area contributed by atoms with E-state index in [-0.39, 0.29) is 23.7 Å². The molecule has 0 saturated carbocycles. The number of para-hydroxylation sites is 1. The fourth-order valence-electron chi connectivity index (χ4n) is 2.75. The van der Waals surface area contributed by atoms with Crippen LogP contribution in [0.15, 0.2) is 58.8 Å². The molecular weight excluding hydrogens is 395 g/mol. The molecule has 0 atom stereocenters. The summed E-state index contributed by atoms with van der Waals surface area (Å²) in [5, 5.41) is 20.5. The molecule has 0 aliphatic heterocycles.